The molecule has 0 saturated carbocycles. The van der Waals surface area contributed by atoms with Crippen molar-refractivity contribution in [2.75, 3.05) is 5.32 Å². The van der Waals surface area contributed by atoms with E-state index in [1.807, 2.05) is 54.6 Å². The van der Waals surface area contributed by atoms with Crippen molar-refractivity contribution in [1.82, 2.24) is 25.5 Å². The first-order chi connectivity index (χ1) is 11.2. The van der Waals surface area contributed by atoms with E-state index in [9.17, 15) is 4.79 Å². The van der Waals surface area contributed by atoms with Gasteiger partial charge in [0.05, 0.1) is 12.2 Å². The summed E-state index contributed by atoms with van der Waals surface area (Å²) < 4.78 is 2.55. The first-order valence-corrected chi connectivity index (χ1v) is 7.65. The molecule has 116 valence electrons. The average Bonchev–Trinajstić information content (AvgIpc) is 3.03. The number of nitrogens with one attached hydrogen (secondary N) is 2. The van der Waals surface area contributed by atoms with E-state index in [2.05, 4.69) is 42.1 Å². The molecule has 0 radical (unpaired) electrons. The quantitative estimate of drug-likeness (QED) is 0.737. The van der Waals surface area contributed by atoms with Crippen molar-refractivity contribution < 1.29 is 4.79 Å². The monoisotopic (exact) mass is 372 g/mol. The van der Waals surface area contributed by atoms with Crippen LogP contribution in [0.25, 0.3) is 5.69 Å². The molecule has 0 saturated heterocycles. The molecule has 0 aliphatic heterocycles. The predicted molar refractivity (Wildman–Crippen MR) is 89.2 cm³/mol. The number of hydrogen-bond acceptors (Lipinski definition) is 4. The van der Waals surface area contributed by atoms with Crippen LogP contribution in [-0.2, 0) is 6.54 Å². The highest BCUT2D eigenvalue weighted by molar-refractivity contribution is 9.10. The molecule has 3 rings (SSSR count). The zero-order chi connectivity index (χ0) is 16.1. The minimum absolute atomic E-state index is 0.210. The average molecular weight is 373 g/mol. The van der Waals surface area contributed by atoms with E-state index in [1.165, 1.54) is 0 Å². The fourth-order valence-corrected chi connectivity index (χ4v) is 2.22. The standard InChI is InChI=1S/C15H13BrN6O/c16-11-6-8-13(9-7-11)22-14(19-20-21-22)10-17-15(23)18-12-4-2-1-3-5-12/h1-9H,10H2,(H2,17,18,23). The highest BCUT2D eigenvalue weighted by Gasteiger charge is 2.10. The normalized spacial score (nSPS) is 10.3. The van der Waals surface area contributed by atoms with Gasteiger partial charge in [-0.3, -0.25) is 0 Å². The fraction of sp³-hybridized carbons (Fsp3) is 0.0667. The maximum absolute atomic E-state index is 11.9. The zero-order valence-corrected chi connectivity index (χ0v) is 13.6. The molecule has 0 unspecified atom stereocenters. The van der Waals surface area contributed by atoms with Gasteiger partial charge >= 0.3 is 6.03 Å². The highest BCUT2D eigenvalue weighted by Crippen LogP contribution is 2.14. The molecule has 0 fully saturated rings. The molecule has 1 heterocycles. The van der Waals surface area contributed by atoms with Crippen molar-refractivity contribution in [3.8, 4) is 5.69 Å². The molecule has 0 aliphatic carbocycles. The van der Waals surface area contributed by atoms with E-state index in [-0.39, 0.29) is 12.6 Å². The Bertz CT molecular complexity index is 787. The predicted octanol–water partition coefficient (Wildman–Crippen LogP) is 2.75. The summed E-state index contributed by atoms with van der Waals surface area (Å²) in [5.74, 6) is 0.538. The summed E-state index contributed by atoms with van der Waals surface area (Å²) in [7, 11) is 0. The van der Waals surface area contributed by atoms with Crippen LogP contribution in [0.4, 0.5) is 10.5 Å². The maximum atomic E-state index is 11.9. The lowest BCUT2D eigenvalue weighted by Crippen LogP contribution is -2.29. The number of hydrogen-bond donors (Lipinski definition) is 2. The molecule has 2 N–H and O–H groups in total. The topological polar surface area (TPSA) is 84.7 Å². The number of halogens is 1. The molecular formula is C15H13BrN6O. The van der Waals surface area contributed by atoms with E-state index >= 15 is 0 Å². The second kappa shape index (κ2) is 7.01. The van der Waals surface area contributed by atoms with Crippen LogP contribution >= 0.6 is 15.9 Å². The van der Waals surface area contributed by atoms with Crippen molar-refractivity contribution in [3.63, 3.8) is 0 Å². The van der Waals surface area contributed by atoms with Crippen LogP contribution in [0.2, 0.25) is 0 Å². The van der Waals surface area contributed by atoms with Gasteiger partial charge in [0.15, 0.2) is 5.82 Å². The van der Waals surface area contributed by atoms with Gasteiger partial charge in [0, 0.05) is 10.2 Å². The second-order valence-corrected chi connectivity index (χ2v) is 5.57. The van der Waals surface area contributed by atoms with Gasteiger partial charge in [-0.2, -0.15) is 4.68 Å². The highest BCUT2D eigenvalue weighted by atomic mass is 79.9. The summed E-state index contributed by atoms with van der Waals surface area (Å²) >= 11 is 3.38. The van der Waals surface area contributed by atoms with Gasteiger partial charge in [-0.05, 0) is 46.8 Å². The van der Waals surface area contributed by atoms with Crippen LogP contribution in [0.15, 0.2) is 59.1 Å². The number of rotatable bonds is 4. The Morgan fingerprint density at radius 3 is 2.57 bits per heavy atom. The number of benzene rings is 2. The van der Waals surface area contributed by atoms with Crippen LogP contribution in [0.3, 0.4) is 0 Å². The van der Waals surface area contributed by atoms with E-state index in [4.69, 9.17) is 0 Å². The Morgan fingerprint density at radius 2 is 1.83 bits per heavy atom. The molecule has 2 amide bonds. The van der Waals surface area contributed by atoms with Crippen molar-refractivity contribution in [3.05, 3.63) is 64.9 Å². The third-order valence-electron chi connectivity index (χ3n) is 3.04. The SMILES string of the molecule is O=C(NCc1nnnn1-c1ccc(Br)cc1)Nc1ccccc1. The summed E-state index contributed by atoms with van der Waals surface area (Å²) in [6.07, 6.45) is 0. The molecule has 1 aromatic heterocycles. The van der Waals surface area contributed by atoms with Crippen LogP contribution in [0.5, 0.6) is 0 Å². The van der Waals surface area contributed by atoms with Gasteiger partial charge in [-0.1, -0.05) is 34.1 Å². The van der Waals surface area contributed by atoms with Gasteiger partial charge < -0.3 is 10.6 Å². The van der Waals surface area contributed by atoms with Gasteiger partial charge in [0.25, 0.3) is 0 Å². The van der Waals surface area contributed by atoms with Crippen molar-refractivity contribution in [2.24, 2.45) is 0 Å². The second-order valence-electron chi connectivity index (χ2n) is 4.66. The van der Waals surface area contributed by atoms with Gasteiger partial charge in [-0.15, -0.1) is 5.10 Å². The summed E-state index contributed by atoms with van der Waals surface area (Å²) in [6, 6.07) is 16.5. The molecule has 8 heteroatoms. The van der Waals surface area contributed by atoms with E-state index in [0.29, 0.717) is 5.82 Å². The Balaban J connectivity index is 1.64. The van der Waals surface area contributed by atoms with Crippen LogP contribution in [0.1, 0.15) is 5.82 Å². The van der Waals surface area contributed by atoms with Gasteiger partial charge in [-0.25, -0.2) is 4.79 Å². The maximum Gasteiger partial charge on any atom is 0.319 e. The number of tetrazole rings is 1. The van der Waals surface area contributed by atoms with Crippen molar-refractivity contribution in [2.45, 2.75) is 6.54 Å². The molecule has 2 aromatic carbocycles. The zero-order valence-electron chi connectivity index (χ0n) is 12.0. The van der Waals surface area contributed by atoms with Crippen LogP contribution in [0, 0.1) is 0 Å². The number of carbonyl (C=O) groups excluding carboxylic acids is 1. The first kappa shape index (κ1) is 15.2. The number of nitrogens with zero attached hydrogens (tertiary/aromatic N) is 4. The lowest BCUT2D eigenvalue weighted by molar-refractivity contribution is 0.251. The van der Waals surface area contributed by atoms with Gasteiger partial charge in [0.1, 0.15) is 0 Å². The van der Waals surface area contributed by atoms with Gasteiger partial charge in [0.2, 0.25) is 0 Å². The molecule has 0 bridgehead atoms. The number of amides is 2. The summed E-state index contributed by atoms with van der Waals surface area (Å²) in [6.45, 7) is 0.210. The lowest BCUT2D eigenvalue weighted by Gasteiger charge is -2.08. The van der Waals surface area contributed by atoms with E-state index < -0.39 is 0 Å². The third-order valence-corrected chi connectivity index (χ3v) is 3.57. The number of urea groups is 1. The molecular weight excluding hydrogens is 360 g/mol. The summed E-state index contributed by atoms with van der Waals surface area (Å²) in [5, 5.41) is 17.0. The number of para-hydroxylation sites is 1. The molecule has 0 aliphatic rings. The minimum atomic E-state index is -0.318. The van der Waals surface area contributed by atoms with Crippen LogP contribution < -0.4 is 10.6 Å². The minimum Gasteiger partial charge on any atom is -0.330 e. The fourth-order valence-electron chi connectivity index (χ4n) is 1.95. The lowest BCUT2D eigenvalue weighted by atomic mass is 10.3. The molecule has 23 heavy (non-hydrogen) atoms. The summed E-state index contributed by atoms with van der Waals surface area (Å²) in [5.41, 5.74) is 1.54. The van der Waals surface area contributed by atoms with Crippen molar-refractivity contribution in [1.29, 1.82) is 0 Å². The Kier molecular flexibility index (Phi) is 4.62. The Labute approximate surface area is 140 Å². The number of aromatic nitrogens is 4. The molecule has 7 nitrogen and oxygen atoms in total. The number of carbonyl (C=O) groups is 1. The largest absolute Gasteiger partial charge is 0.330 e. The number of anilines is 1. The Hall–Kier alpha value is -2.74. The molecule has 0 spiro atoms. The van der Waals surface area contributed by atoms with Crippen LogP contribution in [-0.4, -0.2) is 26.2 Å². The Morgan fingerprint density at radius 1 is 1.09 bits per heavy atom. The van der Waals surface area contributed by atoms with E-state index in [0.717, 1.165) is 15.8 Å². The third kappa shape index (κ3) is 3.92. The van der Waals surface area contributed by atoms with Crippen molar-refractivity contribution >= 4 is 27.6 Å². The smallest absolute Gasteiger partial charge is 0.319 e. The first-order valence-electron chi connectivity index (χ1n) is 6.85. The molecule has 3 aromatic rings. The summed E-state index contributed by atoms with van der Waals surface area (Å²) in [4.78, 5) is 11.9. The molecule has 0 atom stereocenters. The van der Waals surface area contributed by atoms with E-state index in [1.54, 1.807) is 4.68 Å².